The van der Waals surface area contributed by atoms with Gasteiger partial charge < -0.3 is 9.72 Å². The highest BCUT2D eigenvalue weighted by Gasteiger charge is 2.09. The van der Waals surface area contributed by atoms with Gasteiger partial charge in [0.1, 0.15) is 17.4 Å². The van der Waals surface area contributed by atoms with Crippen molar-refractivity contribution in [3.8, 4) is 22.9 Å². The van der Waals surface area contributed by atoms with Crippen molar-refractivity contribution in [1.82, 2.24) is 4.98 Å². The molecule has 0 bridgehead atoms. The van der Waals surface area contributed by atoms with Crippen molar-refractivity contribution in [3.63, 3.8) is 0 Å². The molecule has 4 nitrogen and oxygen atoms in total. The number of nitrogens with zero attached hydrogens (tertiary/aromatic N) is 1. The van der Waals surface area contributed by atoms with E-state index in [-0.39, 0.29) is 5.56 Å². The first-order valence-corrected chi connectivity index (χ1v) is 5.50. The number of benzene rings is 1. The molecule has 0 fully saturated rings. The lowest BCUT2D eigenvalue weighted by Gasteiger charge is -2.08. The second-order valence-corrected chi connectivity index (χ2v) is 4.02. The van der Waals surface area contributed by atoms with Crippen molar-refractivity contribution >= 4 is 11.6 Å². The molecule has 0 saturated carbocycles. The molecule has 5 heteroatoms. The van der Waals surface area contributed by atoms with Gasteiger partial charge >= 0.3 is 0 Å². The minimum atomic E-state index is -0.415. The van der Waals surface area contributed by atoms with Crippen LogP contribution in [-0.4, -0.2) is 12.1 Å². The molecule has 0 radical (unpaired) electrons. The first-order valence-electron chi connectivity index (χ1n) is 5.12. The number of pyridine rings is 1. The highest BCUT2D eigenvalue weighted by molar-refractivity contribution is 6.31. The molecule has 0 aliphatic carbocycles. The minimum absolute atomic E-state index is 0.0505. The molecule has 1 N–H and O–H groups in total. The zero-order valence-electron chi connectivity index (χ0n) is 9.53. The number of aromatic nitrogens is 1. The fourth-order valence-electron chi connectivity index (χ4n) is 1.63. The second kappa shape index (κ2) is 4.94. The van der Waals surface area contributed by atoms with Crippen LogP contribution in [0.4, 0.5) is 0 Å². The summed E-state index contributed by atoms with van der Waals surface area (Å²) in [6, 6.07) is 8.50. The Bertz CT molecular complexity index is 686. The topological polar surface area (TPSA) is 65.9 Å². The van der Waals surface area contributed by atoms with Crippen molar-refractivity contribution in [1.29, 1.82) is 5.26 Å². The summed E-state index contributed by atoms with van der Waals surface area (Å²) in [5.41, 5.74) is 1.03. The first-order chi connectivity index (χ1) is 8.65. The van der Waals surface area contributed by atoms with E-state index in [0.29, 0.717) is 16.3 Å². The Balaban J connectivity index is 2.65. The molecular formula is C13H9ClN2O2. The van der Waals surface area contributed by atoms with Gasteiger partial charge in [-0.3, -0.25) is 4.79 Å². The summed E-state index contributed by atoms with van der Waals surface area (Å²) in [4.78, 5) is 13.8. The van der Waals surface area contributed by atoms with Crippen LogP contribution in [0.2, 0.25) is 5.02 Å². The number of nitriles is 1. The number of rotatable bonds is 2. The Morgan fingerprint density at radius 2 is 2.17 bits per heavy atom. The fraction of sp³-hybridized carbons (Fsp3) is 0.0769. The molecule has 0 amide bonds. The van der Waals surface area contributed by atoms with E-state index in [4.69, 9.17) is 21.6 Å². The summed E-state index contributed by atoms with van der Waals surface area (Å²) in [5, 5.41) is 9.39. The number of aromatic amines is 1. The summed E-state index contributed by atoms with van der Waals surface area (Å²) >= 11 is 5.94. The summed E-state index contributed by atoms with van der Waals surface area (Å²) in [5.74, 6) is 0.621. The van der Waals surface area contributed by atoms with Crippen LogP contribution in [0.3, 0.4) is 0 Å². The van der Waals surface area contributed by atoms with Crippen LogP contribution in [0.15, 0.2) is 35.3 Å². The molecule has 1 aromatic carbocycles. The summed E-state index contributed by atoms with van der Waals surface area (Å²) in [7, 11) is 1.55. The summed E-state index contributed by atoms with van der Waals surface area (Å²) < 4.78 is 5.22. The highest BCUT2D eigenvalue weighted by atomic mass is 35.5. The van der Waals surface area contributed by atoms with Crippen LogP contribution in [-0.2, 0) is 0 Å². The van der Waals surface area contributed by atoms with Gasteiger partial charge in [0.05, 0.1) is 7.11 Å². The van der Waals surface area contributed by atoms with Crippen molar-refractivity contribution in [2.24, 2.45) is 0 Å². The number of hydrogen-bond acceptors (Lipinski definition) is 3. The van der Waals surface area contributed by atoms with Crippen LogP contribution >= 0.6 is 11.6 Å². The molecule has 0 aliphatic rings. The predicted molar refractivity (Wildman–Crippen MR) is 68.8 cm³/mol. The quantitative estimate of drug-likeness (QED) is 0.902. The molecule has 0 aliphatic heterocycles. The zero-order valence-corrected chi connectivity index (χ0v) is 10.3. The van der Waals surface area contributed by atoms with Crippen molar-refractivity contribution in [3.05, 3.63) is 51.4 Å². The lowest BCUT2D eigenvalue weighted by atomic mass is 10.1. The number of halogens is 1. The lowest BCUT2D eigenvalue weighted by molar-refractivity contribution is 0.416. The number of hydrogen-bond donors (Lipinski definition) is 1. The van der Waals surface area contributed by atoms with E-state index in [9.17, 15) is 4.79 Å². The molecular weight excluding hydrogens is 252 g/mol. The smallest absolute Gasteiger partial charge is 0.265 e. The van der Waals surface area contributed by atoms with Crippen molar-refractivity contribution in [2.45, 2.75) is 0 Å². The van der Waals surface area contributed by atoms with E-state index in [1.54, 1.807) is 25.3 Å². The third-order valence-electron chi connectivity index (χ3n) is 2.50. The zero-order chi connectivity index (χ0) is 13.1. The van der Waals surface area contributed by atoms with Crippen molar-refractivity contribution < 1.29 is 4.74 Å². The number of ether oxygens (including phenoxy) is 1. The predicted octanol–water partition coefficient (Wildman–Crippen LogP) is 2.58. The molecule has 0 unspecified atom stereocenters. The largest absolute Gasteiger partial charge is 0.496 e. The number of H-pyrrole nitrogens is 1. The Morgan fingerprint density at radius 1 is 1.39 bits per heavy atom. The average Bonchev–Trinajstić information content (AvgIpc) is 2.39. The van der Waals surface area contributed by atoms with Crippen LogP contribution in [0.1, 0.15) is 5.56 Å². The minimum Gasteiger partial charge on any atom is -0.496 e. The maximum atomic E-state index is 11.3. The van der Waals surface area contributed by atoms with E-state index >= 15 is 0 Å². The van der Waals surface area contributed by atoms with Gasteiger partial charge in [-0.1, -0.05) is 11.6 Å². The van der Waals surface area contributed by atoms with Gasteiger partial charge in [-0.15, -0.1) is 0 Å². The Kier molecular flexibility index (Phi) is 3.35. The SMILES string of the molecule is COc1ccc(Cl)cc1-c1c[nH]c(=O)c(C#N)c1. The molecule has 0 saturated heterocycles. The van der Waals surface area contributed by atoms with E-state index in [2.05, 4.69) is 4.98 Å². The summed E-state index contributed by atoms with van der Waals surface area (Å²) in [6.45, 7) is 0. The molecule has 2 rings (SSSR count). The van der Waals surface area contributed by atoms with E-state index in [1.165, 1.54) is 12.3 Å². The normalized spacial score (nSPS) is 9.83. The average molecular weight is 261 g/mol. The monoisotopic (exact) mass is 260 g/mol. The molecule has 90 valence electrons. The molecule has 2 aromatic rings. The van der Waals surface area contributed by atoms with Gasteiger partial charge in [0.25, 0.3) is 5.56 Å². The molecule has 1 heterocycles. The standard InChI is InChI=1S/C13H9ClN2O2/c1-18-12-3-2-10(14)5-11(12)9-4-8(6-15)13(17)16-7-9/h2-5,7H,1H3,(H,16,17). The maximum absolute atomic E-state index is 11.3. The van der Waals surface area contributed by atoms with E-state index in [0.717, 1.165) is 5.56 Å². The first kappa shape index (κ1) is 12.2. The van der Waals surface area contributed by atoms with Gasteiger partial charge in [0.2, 0.25) is 0 Å². The van der Waals surface area contributed by atoms with E-state index < -0.39 is 5.56 Å². The van der Waals surface area contributed by atoms with Crippen LogP contribution in [0.5, 0.6) is 5.75 Å². The van der Waals surface area contributed by atoms with Gasteiger partial charge in [-0.2, -0.15) is 5.26 Å². The fourth-order valence-corrected chi connectivity index (χ4v) is 1.80. The van der Waals surface area contributed by atoms with Gasteiger partial charge in [-0.05, 0) is 24.3 Å². The molecule has 1 aromatic heterocycles. The van der Waals surface area contributed by atoms with Gasteiger partial charge in [0, 0.05) is 22.3 Å². The third kappa shape index (κ3) is 2.22. The third-order valence-corrected chi connectivity index (χ3v) is 2.73. The molecule has 18 heavy (non-hydrogen) atoms. The molecule has 0 atom stereocenters. The maximum Gasteiger partial charge on any atom is 0.265 e. The van der Waals surface area contributed by atoms with Crippen LogP contribution in [0, 0.1) is 11.3 Å². The van der Waals surface area contributed by atoms with Crippen LogP contribution in [0.25, 0.3) is 11.1 Å². The molecule has 0 spiro atoms. The van der Waals surface area contributed by atoms with Crippen molar-refractivity contribution in [2.75, 3.05) is 7.11 Å². The summed E-state index contributed by atoms with van der Waals surface area (Å²) in [6.07, 6.45) is 1.53. The second-order valence-electron chi connectivity index (χ2n) is 3.59. The highest BCUT2D eigenvalue weighted by Crippen LogP contribution is 2.31. The van der Waals surface area contributed by atoms with Gasteiger partial charge in [-0.25, -0.2) is 0 Å². The van der Waals surface area contributed by atoms with Crippen LogP contribution < -0.4 is 10.3 Å². The Labute approximate surface area is 108 Å². The Morgan fingerprint density at radius 3 is 2.83 bits per heavy atom. The van der Waals surface area contributed by atoms with Gasteiger partial charge in [0.15, 0.2) is 0 Å². The number of methoxy groups -OCH3 is 1. The Hall–Kier alpha value is -2.25. The van der Waals surface area contributed by atoms with E-state index in [1.807, 2.05) is 6.07 Å². The lowest BCUT2D eigenvalue weighted by Crippen LogP contribution is -2.09. The number of nitrogens with one attached hydrogen (secondary N) is 1.